The van der Waals surface area contributed by atoms with Crippen LogP contribution in [0.1, 0.15) is 6.92 Å². The Kier molecular flexibility index (Phi) is 3.43. The Balaban J connectivity index is 4.09. The standard InChI is InChI=1S/C4H9NO5S/c1-3(4(6)10-2)5-11(7,8)9/h3,5H,1-2H3,(H,7,8,9)/t3-/m0/s1. The first kappa shape index (κ1) is 10.3. The molecule has 0 heterocycles. The van der Waals surface area contributed by atoms with Gasteiger partial charge < -0.3 is 4.74 Å². The van der Waals surface area contributed by atoms with Crippen molar-refractivity contribution in [1.29, 1.82) is 0 Å². The normalized spacial score (nSPS) is 14.1. The molecule has 0 radical (unpaired) electrons. The smallest absolute Gasteiger partial charge is 0.334 e. The van der Waals surface area contributed by atoms with Gasteiger partial charge in [-0.3, -0.25) is 9.35 Å². The van der Waals surface area contributed by atoms with E-state index in [0.29, 0.717) is 0 Å². The molecule has 1 atom stereocenters. The first-order valence-corrected chi connectivity index (χ1v) is 4.13. The van der Waals surface area contributed by atoms with E-state index in [0.717, 1.165) is 7.11 Å². The molecule has 0 saturated heterocycles. The Labute approximate surface area is 64.4 Å². The van der Waals surface area contributed by atoms with Gasteiger partial charge in [0.05, 0.1) is 7.11 Å². The van der Waals surface area contributed by atoms with Crippen molar-refractivity contribution in [3.8, 4) is 0 Å². The summed E-state index contributed by atoms with van der Waals surface area (Å²) in [6.07, 6.45) is 0. The Hall–Kier alpha value is -0.660. The van der Waals surface area contributed by atoms with Crippen LogP contribution in [0.4, 0.5) is 0 Å². The minimum absolute atomic E-state index is 0.761. The summed E-state index contributed by atoms with van der Waals surface area (Å²) >= 11 is 0. The molecule has 11 heavy (non-hydrogen) atoms. The van der Waals surface area contributed by atoms with Crippen LogP contribution in [0.15, 0.2) is 0 Å². The van der Waals surface area contributed by atoms with Crippen LogP contribution in [0.5, 0.6) is 0 Å². The molecule has 0 saturated carbocycles. The molecule has 0 aromatic carbocycles. The highest BCUT2D eigenvalue weighted by Crippen LogP contribution is 1.87. The molecule has 0 fully saturated rings. The van der Waals surface area contributed by atoms with Crippen molar-refractivity contribution in [2.24, 2.45) is 0 Å². The van der Waals surface area contributed by atoms with Gasteiger partial charge >= 0.3 is 16.3 Å². The third kappa shape index (κ3) is 4.71. The fourth-order valence-electron chi connectivity index (χ4n) is 0.448. The van der Waals surface area contributed by atoms with Crippen molar-refractivity contribution in [1.82, 2.24) is 4.72 Å². The summed E-state index contributed by atoms with van der Waals surface area (Å²) in [5, 5.41) is 0. The highest BCUT2D eigenvalue weighted by atomic mass is 32.2. The molecule has 0 amide bonds. The fraction of sp³-hybridized carbons (Fsp3) is 0.750. The van der Waals surface area contributed by atoms with Gasteiger partial charge in [-0.05, 0) is 6.92 Å². The number of ether oxygens (including phenoxy) is 1. The van der Waals surface area contributed by atoms with E-state index in [2.05, 4.69) is 4.74 Å². The van der Waals surface area contributed by atoms with Crippen molar-refractivity contribution >= 4 is 16.3 Å². The van der Waals surface area contributed by atoms with Gasteiger partial charge in [-0.2, -0.15) is 13.1 Å². The second-order valence-corrected chi connectivity index (χ2v) is 3.02. The van der Waals surface area contributed by atoms with Gasteiger partial charge in [-0.15, -0.1) is 0 Å². The predicted octanol–water partition coefficient (Wildman–Crippen LogP) is -1.06. The lowest BCUT2D eigenvalue weighted by Gasteiger charge is -2.07. The molecule has 7 heteroatoms. The van der Waals surface area contributed by atoms with Crippen LogP contribution in [0.3, 0.4) is 0 Å². The Bertz CT molecular complexity index is 233. The molecular weight excluding hydrogens is 174 g/mol. The minimum atomic E-state index is -4.33. The first-order chi connectivity index (χ1) is 4.87. The number of hydrogen-bond donors (Lipinski definition) is 2. The van der Waals surface area contributed by atoms with Crippen LogP contribution in [0.2, 0.25) is 0 Å². The maximum absolute atomic E-state index is 10.5. The van der Waals surface area contributed by atoms with E-state index in [1.807, 2.05) is 0 Å². The zero-order chi connectivity index (χ0) is 9.07. The second-order valence-electron chi connectivity index (χ2n) is 1.84. The van der Waals surface area contributed by atoms with E-state index in [1.165, 1.54) is 6.92 Å². The lowest BCUT2D eigenvalue weighted by Crippen LogP contribution is -2.38. The first-order valence-electron chi connectivity index (χ1n) is 2.69. The molecule has 2 N–H and O–H groups in total. The summed E-state index contributed by atoms with van der Waals surface area (Å²) in [5.74, 6) is -0.761. The van der Waals surface area contributed by atoms with Crippen molar-refractivity contribution in [2.75, 3.05) is 7.11 Å². The van der Waals surface area contributed by atoms with Gasteiger partial charge in [0.1, 0.15) is 6.04 Å². The lowest BCUT2D eigenvalue weighted by molar-refractivity contribution is -0.142. The fourth-order valence-corrected chi connectivity index (χ4v) is 0.991. The van der Waals surface area contributed by atoms with E-state index in [1.54, 1.807) is 4.72 Å². The molecule has 0 unspecified atom stereocenters. The number of rotatable bonds is 3. The van der Waals surface area contributed by atoms with Gasteiger partial charge in [0.15, 0.2) is 0 Å². The maximum Gasteiger partial charge on any atom is 0.334 e. The van der Waals surface area contributed by atoms with E-state index >= 15 is 0 Å². The molecule has 0 spiro atoms. The SMILES string of the molecule is COC(=O)[C@H](C)NS(=O)(=O)O. The average molecular weight is 183 g/mol. The van der Waals surface area contributed by atoms with Crippen LogP contribution >= 0.6 is 0 Å². The minimum Gasteiger partial charge on any atom is -0.468 e. The third-order valence-electron chi connectivity index (χ3n) is 0.880. The number of nitrogens with one attached hydrogen (secondary N) is 1. The second kappa shape index (κ2) is 3.65. The van der Waals surface area contributed by atoms with Crippen LogP contribution < -0.4 is 4.72 Å². The highest BCUT2D eigenvalue weighted by Gasteiger charge is 2.17. The van der Waals surface area contributed by atoms with Crippen molar-refractivity contribution in [3.05, 3.63) is 0 Å². The zero-order valence-corrected chi connectivity index (χ0v) is 6.88. The molecular formula is C4H9NO5S. The molecule has 0 bridgehead atoms. The Morgan fingerprint density at radius 2 is 2.09 bits per heavy atom. The van der Waals surface area contributed by atoms with E-state index in [9.17, 15) is 13.2 Å². The maximum atomic E-state index is 10.5. The van der Waals surface area contributed by atoms with E-state index < -0.39 is 22.3 Å². The van der Waals surface area contributed by atoms with Gasteiger partial charge in [-0.1, -0.05) is 0 Å². The topological polar surface area (TPSA) is 92.7 Å². The third-order valence-corrected chi connectivity index (χ3v) is 1.53. The number of methoxy groups -OCH3 is 1. The summed E-state index contributed by atoms with van der Waals surface area (Å²) in [7, 11) is -3.21. The quantitative estimate of drug-likeness (QED) is 0.429. The van der Waals surface area contributed by atoms with Crippen LogP contribution in [-0.2, 0) is 19.8 Å². The molecule has 66 valence electrons. The summed E-state index contributed by atoms with van der Waals surface area (Å²) in [6, 6.07) is -1.07. The molecule has 0 aromatic heterocycles. The van der Waals surface area contributed by atoms with E-state index in [4.69, 9.17) is 4.55 Å². The van der Waals surface area contributed by atoms with E-state index in [-0.39, 0.29) is 0 Å². The van der Waals surface area contributed by atoms with Crippen LogP contribution in [-0.4, -0.2) is 32.1 Å². The lowest BCUT2D eigenvalue weighted by atomic mass is 10.4. The number of carbonyl (C=O) groups excluding carboxylic acids is 1. The molecule has 6 nitrogen and oxygen atoms in total. The predicted molar refractivity (Wildman–Crippen MR) is 36.2 cm³/mol. The van der Waals surface area contributed by atoms with Gasteiger partial charge in [0.2, 0.25) is 0 Å². The average Bonchev–Trinajstić information content (AvgIpc) is 1.82. The highest BCUT2D eigenvalue weighted by molar-refractivity contribution is 7.83. The number of esters is 1. The van der Waals surface area contributed by atoms with Gasteiger partial charge in [-0.25, -0.2) is 0 Å². The van der Waals surface area contributed by atoms with Crippen LogP contribution in [0.25, 0.3) is 0 Å². The molecule has 0 aliphatic rings. The monoisotopic (exact) mass is 183 g/mol. The number of carbonyl (C=O) groups is 1. The molecule has 0 aliphatic carbocycles. The summed E-state index contributed by atoms with van der Waals surface area (Å²) in [5.41, 5.74) is 0. The zero-order valence-electron chi connectivity index (χ0n) is 6.07. The van der Waals surface area contributed by atoms with Gasteiger partial charge in [0.25, 0.3) is 0 Å². The summed E-state index contributed by atoms with van der Waals surface area (Å²) < 4.78 is 34.2. The van der Waals surface area contributed by atoms with Crippen molar-refractivity contribution in [2.45, 2.75) is 13.0 Å². The largest absolute Gasteiger partial charge is 0.468 e. The van der Waals surface area contributed by atoms with Crippen molar-refractivity contribution < 1.29 is 22.5 Å². The molecule has 0 aliphatic heterocycles. The van der Waals surface area contributed by atoms with Gasteiger partial charge in [0, 0.05) is 0 Å². The molecule has 0 aromatic rings. The number of hydrogen-bond acceptors (Lipinski definition) is 4. The molecule has 0 rings (SSSR count). The van der Waals surface area contributed by atoms with Crippen molar-refractivity contribution in [3.63, 3.8) is 0 Å². The summed E-state index contributed by atoms with van der Waals surface area (Å²) in [6.45, 7) is 1.25. The summed E-state index contributed by atoms with van der Waals surface area (Å²) in [4.78, 5) is 10.5. The van der Waals surface area contributed by atoms with Crippen LogP contribution in [0, 0.1) is 0 Å². The Morgan fingerprint density at radius 3 is 2.36 bits per heavy atom. The Morgan fingerprint density at radius 1 is 1.64 bits per heavy atom.